The molecule has 5 aromatic carbocycles. The zero-order valence-electron chi connectivity index (χ0n) is 77.5. The third-order valence-electron chi connectivity index (χ3n) is 21.7. The van der Waals surface area contributed by atoms with Gasteiger partial charge in [0.2, 0.25) is 17.7 Å². The van der Waals surface area contributed by atoms with Gasteiger partial charge in [-0.25, -0.2) is 68.7 Å². The molecule has 5 saturated carbocycles. The number of esters is 3. The predicted molar refractivity (Wildman–Crippen MR) is 551 cm³/mol. The molecule has 0 amide bonds. The largest absolute Gasteiger partial charge is 0.466 e. The third kappa shape index (κ3) is 28.3. The van der Waals surface area contributed by atoms with Gasteiger partial charge in [0.25, 0.3) is 0 Å². The molecule has 35 nitrogen and oxygen atoms in total. The Kier molecular flexibility index (Phi) is 33.8. The standard InChI is InChI=1S/C23H23N5O3.C22H21N5O3.C19H19N5O.C18H16IN5O.C16H14IN5.C5H8O2/c1-15(29)28-20(17-10-11-17)13-21(27-28)25-23-19(9-6-12-31-16(2)30)14-24-22(26-23)18-7-4-3-5-8-18;1-14(28)27-18(15-8-9-15)12-19(26-27)24-22-17(10-11-20(29)30-2)13-23-21(25-22)16-6-4-3-5-7-16;25-10-4-7-15-12-20-18(14-5-2-1-3-6-14)22-19(15)21-17-11-16(23-24-17)13-8-9-13;1-11(25)24-15(12-7-8-12)9-16(23-24)21-18-14(19)10-20-17(22-18)13-5-3-2-4-6-13;17-12-9-18-15(11-4-2-1-3-5-11)20-16(12)19-14-8-13(21-22-14)10-6-7-10;1-3-4-7-5(2)6/h3-9,13-14,17H,10-12H2,1-2H3,(H,24,25,26,27);3-7,10-13,15H,8-9H2,1-2H3,(H,23,24,25,26);1-7,11-13,25H,8-10H2,(H2,20,21,22,23,24);2-6,9-10,12H,7-8H2,1H3,(H,20,21,22,23);1-5,8-10H,6-7H2,(H2,18,19,20,21,22);3H,1,4H2,2H3/b9-6+;11-10+;7-4+;;;. The number of ether oxygens (including phenoxy) is 3. The van der Waals surface area contributed by atoms with Crippen LogP contribution in [-0.4, -0.2) is 167 Å². The summed E-state index contributed by atoms with van der Waals surface area (Å²) in [6.45, 7) is 11.0. The smallest absolute Gasteiger partial charge is 0.330 e. The van der Waals surface area contributed by atoms with Crippen molar-refractivity contribution in [2.45, 2.75) is 128 Å². The van der Waals surface area contributed by atoms with Crippen molar-refractivity contribution < 1.29 is 48.1 Å². The number of benzene rings is 5. The van der Waals surface area contributed by atoms with E-state index in [4.69, 9.17) is 9.84 Å². The second kappa shape index (κ2) is 47.9. The monoisotopic (exact) mass is 2100 g/mol. The Hall–Kier alpha value is -15.7. The summed E-state index contributed by atoms with van der Waals surface area (Å²) in [7, 11) is 1.31. The van der Waals surface area contributed by atoms with E-state index in [1.807, 2.05) is 182 Å². The molecule has 15 aromatic rings. The van der Waals surface area contributed by atoms with Crippen molar-refractivity contribution in [1.29, 1.82) is 0 Å². The minimum atomic E-state index is -0.482. The van der Waals surface area contributed by atoms with Crippen molar-refractivity contribution in [2.24, 2.45) is 0 Å². The van der Waals surface area contributed by atoms with Crippen molar-refractivity contribution in [2.75, 3.05) is 53.5 Å². The van der Waals surface area contributed by atoms with Gasteiger partial charge in [-0.15, -0.1) is 15.3 Å². The van der Waals surface area contributed by atoms with E-state index >= 15 is 0 Å². The highest BCUT2D eigenvalue weighted by Gasteiger charge is 2.34. The minimum absolute atomic E-state index is 0.0336. The number of hydrogen-bond acceptors (Lipinski definition) is 30. The second-order valence-electron chi connectivity index (χ2n) is 32.9. The highest BCUT2D eigenvalue weighted by molar-refractivity contribution is 14.1. The molecule has 0 radical (unpaired) electrons. The third-order valence-corrected chi connectivity index (χ3v) is 23.3. The first-order valence-electron chi connectivity index (χ1n) is 45.4. The van der Waals surface area contributed by atoms with Crippen molar-refractivity contribution >= 4 is 157 Å². The predicted octanol–water partition coefficient (Wildman–Crippen LogP) is 20.6. The molecule has 0 unspecified atom stereocenters. The SMILES string of the molecule is C=CCOC(C)=O.CC(=O)OC/C=C/c1cnc(-c2ccccc2)nc1Nc1cc(C2CC2)n(C(C)=O)n1.CC(=O)n1nc(Nc2nc(-c3ccccc3)ncc2I)cc1C1CC1.COC(=O)/C=C/c1cnc(-c2ccccc2)nc1Nc1cc(C2CC2)n(C(C)=O)n1.Ic1cnc(-c2ccccc2)nc1Nc1cc(C2CC2)[nH]n1.OC/C=C/c1cnc(-c2ccccc2)nc1Nc1cc(C2CC2)[nH]n1. The lowest BCUT2D eigenvalue weighted by Gasteiger charge is -2.09. The number of aromatic nitrogens is 20. The van der Waals surface area contributed by atoms with Gasteiger partial charge in [0.05, 0.1) is 37.9 Å². The van der Waals surface area contributed by atoms with E-state index in [1.54, 1.807) is 55.2 Å². The van der Waals surface area contributed by atoms with Crippen molar-refractivity contribution in [3.05, 3.63) is 296 Å². The van der Waals surface area contributed by atoms with Gasteiger partial charge in [0.15, 0.2) is 58.2 Å². The number of carbonyl (C=O) groups excluding carboxylic acids is 6. The summed E-state index contributed by atoms with van der Waals surface area (Å²) in [6, 6.07) is 58.7. The van der Waals surface area contributed by atoms with Crippen LogP contribution in [0.3, 0.4) is 0 Å². The van der Waals surface area contributed by atoms with Crippen LogP contribution in [0.5, 0.6) is 0 Å². The van der Waals surface area contributed by atoms with Crippen LogP contribution in [0.15, 0.2) is 244 Å². The molecule has 5 aliphatic rings. The number of H-pyrrole nitrogens is 2. The van der Waals surface area contributed by atoms with Crippen LogP contribution >= 0.6 is 45.2 Å². The molecular formula is C103H101I2N25O10. The maximum absolute atomic E-state index is 12.0. The molecule has 10 heterocycles. The van der Waals surface area contributed by atoms with Crippen molar-refractivity contribution in [1.82, 2.24) is 99.6 Å². The minimum Gasteiger partial charge on any atom is -0.466 e. The van der Waals surface area contributed by atoms with Crippen LogP contribution in [0, 0.1) is 7.14 Å². The highest BCUT2D eigenvalue weighted by atomic mass is 127. The fourth-order valence-electron chi connectivity index (χ4n) is 14.1. The Morgan fingerprint density at radius 2 is 0.686 bits per heavy atom. The molecule has 0 spiro atoms. The van der Waals surface area contributed by atoms with Gasteiger partial charge in [-0.05, 0) is 122 Å². The average Bonchev–Trinajstić information content (AvgIpc) is 1.64. The summed E-state index contributed by atoms with van der Waals surface area (Å²) in [6.07, 6.45) is 31.5. The van der Waals surface area contributed by atoms with E-state index in [0.717, 1.165) is 119 Å². The fourth-order valence-corrected chi connectivity index (χ4v) is 14.8. The number of aromatic amines is 2. The molecule has 140 heavy (non-hydrogen) atoms. The van der Waals surface area contributed by atoms with Crippen LogP contribution in [-0.2, 0) is 28.6 Å². The van der Waals surface area contributed by atoms with E-state index in [1.165, 1.54) is 99.3 Å². The van der Waals surface area contributed by atoms with Gasteiger partial charge in [0.1, 0.15) is 42.3 Å². The van der Waals surface area contributed by atoms with Crippen molar-refractivity contribution in [3.8, 4) is 56.9 Å². The molecule has 8 N–H and O–H groups in total. The number of methoxy groups -OCH3 is 1. The van der Waals surface area contributed by atoms with Crippen LogP contribution in [0.2, 0.25) is 0 Å². The normalized spacial score (nSPS) is 13.4. The van der Waals surface area contributed by atoms with Crippen LogP contribution in [0.1, 0.15) is 188 Å². The number of halogens is 2. The van der Waals surface area contributed by atoms with E-state index in [-0.39, 0.29) is 42.9 Å². The Labute approximate surface area is 834 Å². The van der Waals surface area contributed by atoms with E-state index in [2.05, 4.69) is 179 Å². The summed E-state index contributed by atoms with van der Waals surface area (Å²) in [5.74, 6) is 10.5. The van der Waals surface area contributed by atoms with E-state index < -0.39 is 5.97 Å². The van der Waals surface area contributed by atoms with Crippen LogP contribution < -0.4 is 26.6 Å². The number of anilines is 10. The van der Waals surface area contributed by atoms with Crippen molar-refractivity contribution in [3.63, 3.8) is 0 Å². The lowest BCUT2D eigenvalue weighted by atomic mass is 10.2. The Balaban J connectivity index is 0.000000131. The molecule has 712 valence electrons. The first-order valence-corrected chi connectivity index (χ1v) is 47.5. The molecule has 5 fully saturated rings. The van der Waals surface area contributed by atoms with E-state index in [9.17, 15) is 28.8 Å². The van der Waals surface area contributed by atoms with Crippen LogP contribution in [0.25, 0.3) is 75.2 Å². The van der Waals surface area contributed by atoms with Crippen LogP contribution in [0.4, 0.5) is 58.2 Å². The van der Waals surface area contributed by atoms with E-state index in [0.29, 0.717) is 117 Å². The molecule has 0 aliphatic heterocycles. The number of carbonyl (C=O) groups is 6. The summed E-state index contributed by atoms with van der Waals surface area (Å²) in [4.78, 5) is 114. The lowest BCUT2D eigenvalue weighted by Crippen LogP contribution is -2.11. The number of nitrogens with zero attached hydrogens (tertiary/aromatic N) is 18. The van der Waals surface area contributed by atoms with Gasteiger partial charge in [0, 0.05) is 187 Å². The Morgan fingerprint density at radius 1 is 0.393 bits per heavy atom. The quantitative estimate of drug-likeness (QED) is 0.00709. The van der Waals surface area contributed by atoms with Gasteiger partial charge in [-0.2, -0.15) is 10.2 Å². The summed E-state index contributed by atoms with van der Waals surface area (Å²) >= 11 is 4.42. The van der Waals surface area contributed by atoms with Gasteiger partial charge in [-0.1, -0.05) is 183 Å². The maximum atomic E-state index is 12.0. The number of hydrogen-bond donors (Lipinski definition) is 8. The number of aliphatic hydroxyl groups excluding tert-OH is 1. The van der Waals surface area contributed by atoms with Gasteiger partial charge in [-0.3, -0.25) is 34.2 Å². The molecule has 5 aliphatic carbocycles. The zero-order chi connectivity index (χ0) is 98.0. The fraction of sp³-hybridized carbons (Fsp3) is 0.233. The molecular weight excluding hydrogens is 2000 g/mol. The summed E-state index contributed by atoms with van der Waals surface area (Å²) in [5, 5.41) is 53.3. The first kappa shape index (κ1) is 98.8. The zero-order valence-corrected chi connectivity index (χ0v) is 81.8. The first-order chi connectivity index (χ1) is 68.1. The highest BCUT2D eigenvalue weighted by Crippen LogP contribution is 2.45. The lowest BCUT2D eigenvalue weighted by molar-refractivity contribution is -0.140. The molecule has 0 bridgehead atoms. The molecule has 20 rings (SSSR count). The molecule has 0 saturated heterocycles. The summed E-state index contributed by atoms with van der Waals surface area (Å²) in [5.41, 5.74) is 11.9. The molecule has 37 heteroatoms. The second-order valence-corrected chi connectivity index (χ2v) is 35.2. The molecule has 10 aromatic heterocycles. The van der Waals surface area contributed by atoms with Gasteiger partial charge >= 0.3 is 17.9 Å². The Bertz CT molecular complexity index is 6950. The maximum Gasteiger partial charge on any atom is 0.330 e. The molecule has 0 atom stereocenters. The average molecular weight is 2100 g/mol. The van der Waals surface area contributed by atoms with Gasteiger partial charge < -0.3 is 45.9 Å². The topological polar surface area (TPSA) is 450 Å². The summed E-state index contributed by atoms with van der Waals surface area (Å²) < 4.78 is 20.3. The number of nitrogens with one attached hydrogen (secondary N) is 7. The number of rotatable bonds is 29. The Morgan fingerprint density at radius 3 is 0.986 bits per heavy atom. The number of aliphatic hydroxyl groups is 1.